The molecule has 0 aliphatic carbocycles. The third-order valence-electron chi connectivity index (χ3n) is 7.18. The van der Waals surface area contributed by atoms with E-state index in [0.29, 0.717) is 23.2 Å². The number of nitrogens with zero attached hydrogens (tertiary/aromatic N) is 5. The number of aryl methyl sites for hydroxylation is 1. The number of amides is 1. The van der Waals surface area contributed by atoms with Gasteiger partial charge in [-0.1, -0.05) is 29.8 Å². The first-order valence-electron chi connectivity index (χ1n) is 13.0. The quantitative estimate of drug-likeness (QED) is 0.190. The minimum absolute atomic E-state index is 0. The second-order valence-corrected chi connectivity index (χ2v) is 10.5. The zero-order valence-corrected chi connectivity index (χ0v) is 24.2. The lowest BCUT2D eigenvalue weighted by atomic mass is 10.1. The molecule has 40 heavy (non-hydrogen) atoms. The third kappa shape index (κ3) is 7.34. The van der Waals surface area contributed by atoms with E-state index in [9.17, 15) is 4.79 Å². The molecule has 1 aliphatic rings. The number of alkyl halides is 1. The topological polar surface area (TPSA) is 83.0 Å². The molecule has 0 radical (unpaired) electrons. The van der Waals surface area contributed by atoms with E-state index < -0.39 is 0 Å². The van der Waals surface area contributed by atoms with E-state index in [0.717, 1.165) is 59.7 Å². The number of carbonyl (C=O) groups excluding carboxylic acids is 1. The first-order valence-corrected chi connectivity index (χ1v) is 13.6. The molecule has 0 unspecified atom stereocenters. The number of piperazine rings is 1. The van der Waals surface area contributed by atoms with E-state index >= 15 is 0 Å². The molecule has 0 atom stereocenters. The molecule has 0 bridgehead atoms. The van der Waals surface area contributed by atoms with Crippen molar-refractivity contribution in [1.29, 1.82) is 0 Å². The highest BCUT2D eigenvalue weighted by atomic mass is 35.5. The first-order chi connectivity index (χ1) is 18.9. The molecule has 1 aliphatic heterocycles. The van der Waals surface area contributed by atoms with E-state index in [-0.39, 0.29) is 18.3 Å². The Hall–Kier alpha value is -3.56. The predicted molar refractivity (Wildman–Crippen MR) is 156 cm³/mol. The molecule has 2 aromatic carbocycles. The summed E-state index contributed by atoms with van der Waals surface area (Å²) < 4.78 is 0.915. The van der Waals surface area contributed by atoms with Crippen molar-refractivity contribution in [2.45, 2.75) is 13.5 Å². The second kappa shape index (κ2) is 13.2. The van der Waals surface area contributed by atoms with Crippen molar-refractivity contribution in [3.8, 4) is 11.3 Å². The van der Waals surface area contributed by atoms with Crippen LogP contribution in [0.5, 0.6) is 0 Å². The maximum atomic E-state index is 13.0. The number of halogens is 2. The zero-order valence-electron chi connectivity index (χ0n) is 22.6. The molecule has 1 fully saturated rings. The third-order valence-corrected chi connectivity index (χ3v) is 7.75. The van der Waals surface area contributed by atoms with Gasteiger partial charge in [-0.05, 0) is 60.5 Å². The van der Waals surface area contributed by atoms with Gasteiger partial charge < -0.3 is 27.5 Å². The van der Waals surface area contributed by atoms with E-state index in [1.165, 1.54) is 5.56 Å². The highest BCUT2D eigenvalue weighted by molar-refractivity contribution is 6.17. The summed E-state index contributed by atoms with van der Waals surface area (Å²) in [5.41, 5.74) is 6.02. The van der Waals surface area contributed by atoms with E-state index in [1.807, 2.05) is 67.6 Å². The fourth-order valence-electron chi connectivity index (χ4n) is 4.54. The maximum Gasteiger partial charge on any atom is 0.255 e. The minimum atomic E-state index is -0.153. The van der Waals surface area contributed by atoms with Crippen molar-refractivity contribution in [2.75, 3.05) is 49.9 Å². The smallest absolute Gasteiger partial charge is 0.255 e. The SMILES string of the molecule is Cc1ccc(NC(=O)c2ccc(CN3CC[N+](C)(CCl)CC3)cc2)cc1Nc1nccc(-c2cccnc2)n1.[Cl-]. The number of rotatable bonds is 8. The van der Waals surface area contributed by atoms with Crippen LogP contribution in [-0.4, -0.2) is 69.5 Å². The van der Waals surface area contributed by atoms with Gasteiger partial charge in [0.1, 0.15) is 0 Å². The Bertz CT molecular complexity index is 1430. The molecule has 10 heteroatoms. The van der Waals surface area contributed by atoms with E-state index in [1.54, 1.807) is 18.6 Å². The van der Waals surface area contributed by atoms with Gasteiger partial charge in [0.15, 0.2) is 6.00 Å². The monoisotopic (exact) mass is 577 g/mol. The Balaban J connectivity index is 0.00000370. The van der Waals surface area contributed by atoms with Crippen LogP contribution in [0.2, 0.25) is 0 Å². The van der Waals surface area contributed by atoms with Gasteiger partial charge in [0.05, 0.1) is 25.8 Å². The number of likely N-dealkylation sites (N-methyl/N-ethyl adjacent to an activating group) is 1. The number of hydrogen-bond acceptors (Lipinski definition) is 6. The minimum Gasteiger partial charge on any atom is -1.00 e. The van der Waals surface area contributed by atoms with Crippen molar-refractivity contribution in [3.63, 3.8) is 0 Å². The summed E-state index contributed by atoms with van der Waals surface area (Å²) in [6.45, 7) is 7.03. The Kier molecular flexibility index (Phi) is 9.71. The molecular weight excluding hydrogens is 545 g/mol. The normalized spacial score (nSPS) is 14.7. The summed E-state index contributed by atoms with van der Waals surface area (Å²) in [5, 5.41) is 6.30. The number of pyridine rings is 1. The van der Waals surface area contributed by atoms with Crippen LogP contribution in [0.3, 0.4) is 0 Å². The number of benzene rings is 2. The van der Waals surface area contributed by atoms with Gasteiger partial charge in [0.2, 0.25) is 5.95 Å². The van der Waals surface area contributed by atoms with Gasteiger partial charge >= 0.3 is 0 Å². The number of hydrogen-bond donors (Lipinski definition) is 2. The Morgan fingerprint density at radius 1 is 1.05 bits per heavy atom. The number of carbonyl (C=O) groups is 1. The van der Waals surface area contributed by atoms with Gasteiger partial charge in [0, 0.05) is 60.7 Å². The molecule has 1 amide bonds. The van der Waals surface area contributed by atoms with Crippen molar-refractivity contribution in [1.82, 2.24) is 19.9 Å². The van der Waals surface area contributed by atoms with Crippen LogP contribution in [0.15, 0.2) is 79.3 Å². The molecule has 3 heterocycles. The fourth-order valence-corrected chi connectivity index (χ4v) is 4.78. The van der Waals surface area contributed by atoms with Crippen LogP contribution in [0.4, 0.5) is 17.3 Å². The Morgan fingerprint density at radius 2 is 1.82 bits per heavy atom. The molecule has 208 valence electrons. The predicted octanol–water partition coefficient (Wildman–Crippen LogP) is 2.31. The average Bonchev–Trinajstić information content (AvgIpc) is 2.97. The first kappa shape index (κ1) is 29.4. The number of quaternary nitrogens is 1. The van der Waals surface area contributed by atoms with Crippen molar-refractivity contribution < 1.29 is 21.7 Å². The molecule has 2 N–H and O–H groups in total. The highest BCUT2D eigenvalue weighted by Crippen LogP contribution is 2.25. The highest BCUT2D eigenvalue weighted by Gasteiger charge is 2.27. The van der Waals surface area contributed by atoms with Gasteiger partial charge in [-0.15, -0.1) is 0 Å². The summed E-state index contributed by atoms with van der Waals surface area (Å²) in [6, 6.07) is 19.9. The van der Waals surface area contributed by atoms with Crippen LogP contribution >= 0.6 is 11.6 Å². The van der Waals surface area contributed by atoms with Crippen molar-refractivity contribution in [3.05, 3.63) is 95.9 Å². The Morgan fingerprint density at radius 3 is 2.52 bits per heavy atom. The number of nitrogens with one attached hydrogen (secondary N) is 2. The zero-order chi connectivity index (χ0) is 27.2. The molecule has 5 rings (SSSR count). The van der Waals surface area contributed by atoms with Gasteiger partial charge in [-0.25, -0.2) is 9.97 Å². The molecule has 1 saturated heterocycles. The lowest BCUT2D eigenvalue weighted by Gasteiger charge is -2.40. The van der Waals surface area contributed by atoms with Crippen LogP contribution in [-0.2, 0) is 6.54 Å². The lowest BCUT2D eigenvalue weighted by molar-refractivity contribution is -0.903. The van der Waals surface area contributed by atoms with Crippen LogP contribution in [0.25, 0.3) is 11.3 Å². The molecule has 0 saturated carbocycles. The van der Waals surface area contributed by atoms with Crippen LogP contribution < -0.4 is 23.0 Å². The summed E-state index contributed by atoms with van der Waals surface area (Å²) in [5.74, 6) is 0.317. The lowest BCUT2D eigenvalue weighted by Crippen LogP contribution is -3.00. The fraction of sp³-hybridized carbons (Fsp3) is 0.267. The Labute approximate surface area is 246 Å². The molecule has 4 aromatic rings. The largest absolute Gasteiger partial charge is 1.00 e. The summed E-state index contributed by atoms with van der Waals surface area (Å²) in [4.78, 5) is 28.6. The second-order valence-electron chi connectivity index (χ2n) is 10.3. The van der Waals surface area contributed by atoms with Crippen molar-refractivity contribution in [2.24, 2.45) is 0 Å². The van der Waals surface area contributed by atoms with Gasteiger partial charge in [0.25, 0.3) is 5.91 Å². The van der Waals surface area contributed by atoms with Gasteiger partial charge in [-0.2, -0.15) is 0 Å². The molecule has 0 spiro atoms. The summed E-state index contributed by atoms with van der Waals surface area (Å²) in [7, 11) is 2.21. The summed E-state index contributed by atoms with van der Waals surface area (Å²) >= 11 is 6.12. The number of aromatic nitrogens is 3. The maximum absolute atomic E-state index is 13.0. The standard InChI is InChI=1S/C30H32ClN7O.ClH/c1-22-5-10-26(18-28(22)36-30-33-13-11-27(35-30)25-4-3-12-32-19-25)34-29(39)24-8-6-23(7-9-24)20-37-14-16-38(2,21-31)17-15-37;/h3-13,18-19H,14-17,20-21H2,1-2H3,(H-,33,34,35,36,39);1H. The van der Waals surface area contributed by atoms with Crippen molar-refractivity contribution >= 4 is 34.8 Å². The average molecular weight is 579 g/mol. The van der Waals surface area contributed by atoms with Crippen LogP contribution in [0.1, 0.15) is 21.5 Å². The van der Waals surface area contributed by atoms with Crippen LogP contribution in [0, 0.1) is 6.92 Å². The van der Waals surface area contributed by atoms with E-state index in [4.69, 9.17) is 11.6 Å². The van der Waals surface area contributed by atoms with Gasteiger partial charge in [-0.3, -0.25) is 14.7 Å². The van der Waals surface area contributed by atoms with E-state index in [2.05, 4.69) is 37.5 Å². The molecule has 8 nitrogen and oxygen atoms in total. The molecule has 2 aromatic heterocycles. The molecular formula is C30H33Cl2N7O. The number of anilines is 3. The summed E-state index contributed by atoms with van der Waals surface area (Å²) in [6.07, 6.45) is 5.21.